The van der Waals surface area contributed by atoms with Crippen LogP contribution in [0.25, 0.3) is 0 Å². The van der Waals surface area contributed by atoms with E-state index in [1.807, 2.05) is 0 Å². The summed E-state index contributed by atoms with van der Waals surface area (Å²) < 4.78 is 0. The van der Waals surface area contributed by atoms with Gasteiger partial charge in [0.1, 0.15) is 0 Å². The number of hydrogen-bond acceptors (Lipinski definition) is 1. The lowest BCUT2D eigenvalue weighted by molar-refractivity contribution is -0.137. The molecule has 14 heavy (non-hydrogen) atoms. The lowest BCUT2D eigenvalue weighted by Crippen LogP contribution is -2.27. The van der Waals surface area contributed by atoms with E-state index < -0.39 is 5.97 Å². The van der Waals surface area contributed by atoms with E-state index in [4.69, 9.17) is 5.11 Å². The summed E-state index contributed by atoms with van der Waals surface area (Å²) >= 11 is 0. The van der Waals surface area contributed by atoms with Gasteiger partial charge in [-0.05, 0) is 42.9 Å². The molecular weight excluding hydrogens is 176 g/mol. The average molecular weight is 198 g/mol. The highest BCUT2D eigenvalue weighted by atomic mass is 16.4. The van der Waals surface area contributed by atoms with Crippen LogP contribution in [-0.4, -0.2) is 11.1 Å². The number of aliphatic carboxylic acids is 1. The molecule has 2 atom stereocenters. The van der Waals surface area contributed by atoms with Crippen LogP contribution < -0.4 is 0 Å². The molecule has 1 aliphatic carbocycles. The Bertz CT molecular complexity index is 208. The fraction of sp³-hybridized carbons (Fsp3) is 0.917. The summed E-state index contributed by atoms with van der Waals surface area (Å²) in [4.78, 5) is 10.5. The Morgan fingerprint density at radius 1 is 1.43 bits per heavy atom. The predicted molar refractivity (Wildman–Crippen MR) is 57.2 cm³/mol. The molecular formula is C12H22O2. The molecule has 2 nitrogen and oxygen atoms in total. The van der Waals surface area contributed by atoms with Gasteiger partial charge in [0.05, 0.1) is 0 Å². The van der Waals surface area contributed by atoms with E-state index in [0.717, 1.165) is 12.3 Å². The molecule has 0 spiro atoms. The van der Waals surface area contributed by atoms with E-state index in [9.17, 15) is 4.79 Å². The van der Waals surface area contributed by atoms with Crippen molar-refractivity contribution in [3.05, 3.63) is 0 Å². The smallest absolute Gasteiger partial charge is 0.303 e. The third-order valence-corrected chi connectivity index (χ3v) is 3.24. The molecule has 2 heteroatoms. The fourth-order valence-corrected chi connectivity index (χ4v) is 3.09. The molecule has 0 aromatic carbocycles. The topological polar surface area (TPSA) is 37.3 Å². The molecule has 1 N–H and O–H groups in total. The minimum Gasteiger partial charge on any atom is -0.481 e. The summed E-state index contributed by atoms with van der Waals surface area (Å²) in [6, 6.07) is 0. The van der Waals surface area contributed by atoms with Crippen molar-refractivity contribution in [2.75, 3.05) is 0 Å². The molecule has 0 radical (unpaired) electrons. The van der Waals surface area contributed by atoms with E-state index >= 15 is 0 Å². The van der Waals surface area contributed by atoms with Crippen molar-refractivity contribution >= 4 is 5.97 Å². The van der Waals surface area contributed by atoms with Crippen molar-refractivity contribution in [1.29, 1.82) is 0 Å². The van der Waals surface area contributed by atoms with Crippen molar-refractivity contribution in [3.63, 3.8) is 0 Å². The highest BCUT2D eigenvalue weighted by Crippen LogP contribution is 2.43. The number of carbonyl (C=O) groups is 1. The van der Waals surface area contributed by atoms with Crippen molar-refractivity contribution in [3.8, 4) is 0 Å². The molecule has 0 heterocycles. The summed E-state index contributed by atoms with van der Waals surface area (Å²) in [6.45, 7) is 6.89. The third-order valence-electron chi connectivity index (χ3n) is 3.24. The molecule has 0 saturated heterocycles. The van der Waals surface area contributed by atoms with Gasteiger partial charge >= 0.3 is 5.97 Å². The van der Waals surface area contributed by atoms with Gasteiger partial charge in [-0.1, -0.05) is 20.8 Å². The molecule has 1 saturated carbocycles. The minimum atomic E-state index is -0.652. The molecule has 0 amide bonds. The molecule has 1 fully saturated rings. The van der Waals surface area contributed by atoms with Crippen LogP contribution in [0.4, 0.5) is 0 Å². The molecule has 82 valence electrons. The molecule has 0 aromatic rings. The monoisotopic (exact) mass is 198 g/mol. The van der Waals surface area contributed by atoms with E-state index in [2.05, 4.69) is 20.8 Å². The van der Waals surface area contributed by atoms with Gasteiger partial charge in [-0.2, -0.15) is 0 Å². The molecule has 2 unspecified atom stereocenters. The Labute approximate surface area is 86.7 Å². The first kappa shape index (κ1) is 11.5. The Hall–Kier alpha value is -0.530. The standard InChI is InChI=1S/C12H22O2/c1-9-6-10(4-5-11(13)14)8-12(2,3)7-9/h9-10H,4-8H2,1-3H3,(H,13,14). The first-order valence-corrected chi connectivity index (χ1v) is 5.61. The molecule has 1 aliphatic rings. The summed E-state index contributed by atoms with van der Waals surface area (Å²) in [5.41, 5.74) is 0.417. The van der Waals surface area contributed by atoms with Crippen molar-refractivity contribution < 1.29 is 9.90 Å². The van der Waals surface area contributed by atoms with Gasteiger partial charge in [-0.3, -0.25) is 4.79 Å². The quantitative estimate of drug-likeness (QED) is 0.755. The lowest BCUT2D eigenvalue weighted by atomic mass is 9.67. The normalized spacial score (nSPS) is 31.4. The Morgan fingerprint density at radius 2 is 2.07 bits per heavy atom. The van der Waals surface area contributed by atoms with Crippen LogP contribution in [-0.2, 0) is 4.79 Å². The molecule has 0 aromatic heterocycles. The molecule has 1 rings (SSSR count). The minimum absolute atomic E-state index is 0.341. The summed E-state index contributed by atoms with van der Waals surface area (Å²) in [7, 11) is 0. The fourth-order valence-electron chi connectivity index (χ4n) is 3.09. The second-order valence-electron chi connectivity index (χ2n) is 5.71. The first-order chi connectivity index (χ1) is 6.39. The van der Waals surface area contributed by atoms with Gasteiger partial charge in [0.25, 0.3) is 0 Å². The van der Waals surface area contributed by atoms with Crippen molar-refractivity contribution in [2.24, 2.45) is 17.3 Å². The van der Waals surface area contributed by atoms with Crippen LogP contribution in [0.2, 0.25) is 0 Å². The van der Waals surface area contributed by atoms with E-state index in [1.54, 1.807) is 0 Å². The van der Waals surface area contributed by atoms with Crippen LogP contribution in [0, 0.1) is 17.3 Å². The number of carboxylic acids is 1. The van der Waals surface area contributed by atoms with Crippen molar-refractivity contribution in [2.45, 2.75) is 52.9 Å². The Balaban J connectivity index is 2.42. The zero-order chi connectivity index (χ0) is 10.8. The Kier molecular flexibility index (Phi) is 3.57. The van der Waals surface area contributed by atoms with E-state index in [0.29, 0.717) is 17.8 Å². The molecule has 0 aliphatic heterocycles. The highest BCUT2D eigenvalue weighted by molar-refractivity contribution is 5.66. The van der Waals surface area contributed by atoms with Gasteiger partial charge in [0.15, 0.2) is 0 Å². The molecule has 0 bridgehead atoms. The van der Waals surface area contributed by atoms with Crippen LogP contribution in [0.3, 0.4) is 0 Å². The maximum absolute atomic E-state index is 10.5. The first-order valence-electron chi connectivity index (χ1n) is 5.61. The second-order valence-corrected chi connectivity index (χ2v) is 5.71. The van der Waals surface area contributed by atoms with Crippen molar-refractivity contribution in [1.82, 2.24) is 0 Å². The average Bonchev–Trinajstić information content (AvgIpc) is 1.96. The maximum atomic E-state index is 10.5. The zero-order valence-corrected chi connectivity index (χ0v) is 9.55. The zero-order valence-electron chi connectivity index (χ0n) is 9.55. The van der Waals surface area contributed by atoms with Gasteiger partial charge in [-0.25, -0.2) is 0 Å². The van der Waals surface area contributed by atoms with Crippen LogP contribution in [0.1, 0.15) is 52.9 Å². The van der Waals surface area contributed by atoms with E-state index in [-0.39, 0.29) is 0 Å². The van der Waals surface area contributed by atoms with E-state index in [1.165, 1.54) is 19.3 Å². The summed E-state index contributed by atoms with van der Waals surface area (Å²) in [5.74, 6) is 0.739. The maximum Gasteiger partial charge on any atom is 0.303 e. The Morgan fingerprint density at radius 3 is 2.57 bits per heavy atom. The van der Waals surface area contributed by atoms with Gasteiger partial charge in [-0.15, -0.1) is 0 Å². The predicted octanol–water partition coefficient (Wildman–Crippen LogP) is 3.31. The number of carboxylic acid groups (broad SMARTS) is 1. The SMILES string of the molecule is CC1CC(CCC(=O)O)CC(C)(C)C1. The van der Waals surface area contributed by atoms with Gasteiger partial charge < -0.3 is 5.11 Å². The third kappa shape index (κ3) is 3.69. The van der Waals surface area contributed by atoms with Crippen LogP contribution in [0.5, 0.6) is 0 Å². The summed E-state index contributed by atoms with van der Waals surface area (Å²) in [5, 5.41) is 8.64. The van der Waals surface area contributed by atoms with Gasteiger partial charge in [0, 0.05) is 6.42 Å². The lowest BCUT2D eigenvalue weighted by Gasteiger charge is -2.39. The number of rotatable bonds is 3. The highest BCUT2D eigenvalue weighted by Gasteiger charge is 2.31. The van der Waals surface area contributed by atoms with Gasteiger partial charge in [0.2, 0.25) is 0 Å². The largest absolute Gasteiger partial charge is 0.481 e. The summed E-state index contributed by atoms with van der Waals surface area (Å²) in [6.07, 6.45) is 4.91. The van der Waals surface area contributed by atoms with Crippen LogP contribution >= 0.6 is 0 Å². The second kappa shape index (κ2) is 4.33. The number of hydrogen-bond donors (Lipinski definition) is 1. The van der Waals surface area contributed by atoms with Crippen LogP contribution in [0.15, 0.2) is 0 Å².